The van der Waals surface area contributed by atoms with Crippen molar-refractivity contribution < 1.29 is 14.3 Å². The summed E-state index contributed by atoms with van der Waals surface area (Å²) in [6.07, 6.45) is 4.28. The van der Waals surface area contributed by atoms with E-state index in [9.17, 15) is 10.1 Å². The molecule has 34 heavy (non-hydrogen) atoms. The lowest BCUT2D eigenvalue weighted by Crippen LogP contribution is -2.54. The molecule has 2 aliphatic rings. The third-order valence-corrected chi connectivity index (χ3v) is 6.42. The lowest BCUT2D eigenvalue weighted by molar-refractivity contribution is -0.134. The molecule has 0 N–H and O–H groups in total. The van der Waals surface area contributed by atoms with Gasteiger partial charge in [-0.05, 0) is 31.7 Å². The molecule has 1 saturated carbocycles. The third kappa shape index (κ3) is 5.31. The van der Waals surface area contributed by atoms with Crippen LogP contribution in [0, 0.1) is 11.3 Å². The number of ether oxygens (including phenoxy) is 2. The van der Waals surface area contributed by atoms with Crippen LogP contribution in [0.15, 0.2) is 24.4 Å². The second-order valence-electron chi connectivity index (χ2n) is 9.43. The summed E-state index contributed by atoms with van der Waals surface area (Å²) in [7, 11) is 1.60. The van der Waals surface area contributed by atoms with E-state index in [2.05, 4.69) is 29.8 Å². The van der Waals surface area contributed by atoms with E-state index in [1.807, 2.05) is 30.0 Å². The van der Waals surface area contributed by atoms with E-state index >= 15 is 0 Å². The van der Waals surface area contributed by atoms with Crippen molar-refractivity contribution in [3.05, 3.63) is 41.3 Å². The minimum absolute atomic E-state index is 0.0259. The molecule has 8 heteroatoms. The Morgan fingerprint density at radius 1 is 1.29 bits per heavy atom. The first-order chi connectivity index (χ1) is 16.4. The van der Waals surface area contributed by atoms with Crippen LogP contribution < -0.4 is 9.64 Å². The van der Waals surface area contributed by atoms with Gasteiger partial charge in [0.1, 0.15) is 17.6 Å². The molecule has 0 spiro atoms. The topological polar surface area (TPSA) is 91.6 Å². The van der Waals surface area contributed by atoms with Crippen LogP contribution in [-0.4, -0.2) is 60.2 Å². The highest BCUT2D eigenvalue weighted by Crippen LogP contribution is 2.46. The van der Waals surface area contributed by atoms with Gasteiger partial charge in [-0.3, -0.25) is 9.78 Å². The highest BCUT2D eigenvalue weighted by molar-refractivity contribution is 5.77. The summed E-state index contributed by atoms with van der Waals surface area (Å²) in [6.45, 7) is 8.52. The summed E-state index contributed by atoms with van der Waals surface area (Å²) in [6, 6.07) is 7.95. The highest BCUT2D eigenvalue weighted by atomic mass is 16.5. The molecule has 0 unspecified atom stereocenters. The molecule has 3 heterocycles. The number of rotatable bonds is 8. The maximum Gasteiger partial charge on any atom is 0.225 e. The number of nitriles is 1. The fourth-order valence-electron chi connectivity index (χ4n) is 4.34. The lowest BCUT2D eigenvalue weighted by atomic mass is 10.1. The molecule has 1 aliphatic heterocycles. The van der Waals surface area contributed by atoms with Crippen LogP contribution >= 0.6 is 0 Å². The van der Waals surface area contributed by atoms with Gasteiger partial charge in [0.05, 0.1) is 24.3 Å². The van der Waals surface area contributed by atoms with Crippen molar-refractivity contribution in [3.8, 4) is 17.6 Å². The molecule has 1 saturated heterocycles. The fraction of sp³-hybridized carbons (Fsp3) is 0.538. The van der Waals surface area contributed by atoms with Crippen molar-refractivity contribution in [3.63, 3.8) is 0 Å². The number of piperazine rings is 1. The van der Waals surface area contributed by atoms with E-state index < -0.39 is 0 Å². The van der Waals surface area contributed by atoms with E-state index in [-0.39, 0.29) is 11.9 Å². The van der Waals surface area contributed by atoms with Crippen molar-refractivity contribution in [1.82, 2.24) is 14.9 Å². The lowest BCUT2D eigenvalue weighted by Gasteiger charge is -2.40. The monoisotopic (exact) mass is 463 g/mol. The molecule has 2 aromatic rings. The van der Waals surface area contributed by atoms with Gasteiger partial charge in [-0.1, -0.05) is 13.8 Å². The molecule has 0 aromatic carbocycles. The standard InChI is InChI=1S/C26H33N5O3/c1-17(2)22-14-21(7-9-28-22)34-23-13-20(15-27)26(29-25(23)19-5-6-19)30-10-11-31(18(3)16-30)24(32)8-12-33-4/h7,9,13-14,17-19H,5-6,8,10-12,16H2,1-4H3/t18-/m1/s1. The average molecular weight is 464 g/mol. The Morgan fingerprint density at radius 3 is 2.74 bits per heavy atom. The molecular weight excluding hydrogens is 430 g/mol. The molecule has 1 amide bonds. The van der Waals surface area contributed by atoms with Gasteiger partial charge in [-0.2, -0.15) is 5.26 Å². The number of carbonyl (C=O) groups excluding carboxylic acids is 1. The Labute approximate surface area is 201 Å². The summed E-state index contributed by atoms with van der Waals surface area (Å²) in [5.74, 6) is 2.78. The van der Waals surface area contributed by atoms with E-state index in [0.717, 1.165) is 24.2 Å². The van der Waals surface area contributed by atoms with Crippen LogP contribution in [0.1, 0.15) is 68.8 Å². The zero-order valence-corrected chi connectivity index (χ0v) is 20.5. The van der Waals surface area contributed by atoms with E-state index in [0.29, 0.717) is 67.4 Å². The summed E-state index contributed by atoms with van der Waals surface area (Å²) >= 11 is 0. The summed E-state index contributed by atoms with van der Waals surface area (Å²) < 4.78 is 11.3. The smallest absolute Gasteiger partial charge is 0.225 e. The minimum atomic E-state index is 0.0259. The van der Waals surface area contributed by atoms with Gasteiger partial charge in [-0.25, -0.2) is 4.98 Å². The van der Waals surface area contributed by atoms with Crippen LogP contribution in [0.4, 0.5) is 5.82 Å². The van der Waals surface area contributed by atoms with E-state index in [4.69, 9.17) is 14.5 Å². The maximum absolute atomic E-state index is 12.5. The van der Waals surface area contributed by atoms with Crippen LogP contribution in [0.25, 0.3) is 0 Å². The Hall–Kier alpha value is -3.18. The van der Waals surface area contributed by atoms with Gasteiger partial charge in [0.25, 0.3) is 0 Å². The van der Waals surface area contributed by atoms with E-state index in [1.165, 1.54) is 0 Å². The first-order valence-electron chi connectivity index (χ1n) is 12.0. The molecule has 0 bridgehead atoms. The predicted molar refractivity (Wildman–Crippen MR) is 129 cm³/mol. The SMILES string of the molecule is COCCC(=O)N1CCN(c2nc(C3CC3)c(Oc3ccnc(C(C)C)c3)cc2C#N)C[C@H]1C. The first-order valence-corrected chi connectivity index (χ1v) is 12.0. The van der Waals surface area contributed by atoms with Gasteiger partial charge in [0.15, 0.2) is 5.75 Å². The third-order valence-electron chi connectivity index (χ3n) is 6.42. The van der Waals surface area contributed by atoms with Crippen molar-refractivity contribution in [2.45, 2.75) is 57.9 Å². The van der Waals surface area contributed by atoms with Crippen molar-refractivity contribution in [2.75, 3.05) is 38.3 Å². The van der Waals surface area contributed by atoms with Gasteiger partial charge in [-0.15, -0.1) is 0 Å². The molecule has 2 fully saturated rings. The number of anilines is 1. The quantitative estimate of drug-likeness (QED) is 0.579. The second kappa shape index (κ2) is 10.4. The zero-order chi connectivity index (χ0) is 24.2. The molecule has 2 aromatic heterocycles. The second-order valence-corrected chi connectivity index (χ2v) is 9.43. The molecule has 1 aliphatic carbocycles. The molecular formula is C26H33N5O3. The summed E-state index contributed by atoms with van der Waals surface area (Å²) in [5.41, 5.74) is 2.36. The average Bonchev–Trinajstić information content (AvgIpc) is 3.67. The highest BCUT2D eigenvalue weighted by Gasteiger charge is 2.33. The number of hydrogen-bond donors (Lipinski definition) is 0. The number of methoxy groups -OCH3 is 1. The van der Waals surface area contributed by atoms with E-state index in [1.54, 1.807) is 13.3 Å². The normalized spacial score (nSPS) is 18.2. The van der Waals surface area contributed by atoms with Crippen molar-refractivity contribution in [1.29, 1.82) is 5.26 Å². The number of aromatic nitrogens is 2. The fourth-order valence-corrected chi connectivity index (χ4v) is 4.34. The molecule has 0 radical (unpaired) electrons. The Bertz CT molecular complexity index is 1080. The molecule has 4 rings (SSSR count). The summed E-state index contributed by atoms with van der Waals surface area (Å²) in [4.78, 5) is 25.9. The molecule has 1 atom stereocenters. The predicted octanol–water partition coefficient (Wildman–Crippen LogP) is 4.21. The maximum atomic E-state index is 12.5. The number of hydrogen-bond acceptors (Lipinski definition) is 7. The van der Waals surface area contributed by atoms with Gasteiger partial charge in [0, 0.05) is 62.7 Å². The number of carbonyl (C=O) groups is 1. The molecule has 180 valence electrons. The Morgan fingerprint density at radius 2 is 2.09 bits per heavy atom. The zero-order valence-electron chi connectivity index (χ0n) is 20.5. The number of amides is 1. The first kappa shape index (κ1) is 24.0. The Kier molecular flexibility index (Phi) is 7.32. The van der Waals surface area contributed by atoms with Gasteiger partial charge >= 0.3 is 0 Å². The van der Waals surface area contributed by atoms with Crippen molar-refractivity contribution >= 4 is 11.7 Å². The van der Waals surface area contributed by atoms with Crippen LogP contribution in [0.2, 0.25) is 0 Å². The van der Waals surface area contributed by atoms with Gasteiger partial charge in [0.2, 0.25) is 5.91 Å². The largest absolute Gasteiger partial charge is 0.455 e. The Balaban J connectivity index is 1.58. The van der Waals surface area contributed by atoms with Crippen molar-refractivity contribution in [2.24, 2.45) is 0 Å². The minimum Gasteiger partial charge on any atom is -0.455 e. The number of nitrogens with zero attached hydrogens (tertiary/aromatic N) is 5. The van der Waals surface area contributed by atoms with Gasteiger partial charge < -0.3 is 19.3 Å². The van der Waals surface area contributed by atoms with Crippen LogP contribution in [0.5, 0.6) is 11.5 Å². The number of pyridine rings is 2. The van der Waals surface area contributed by atoms with Crippen LogP contribution in [0.3, 0.4) is 0 Å². The van der Waals surface area contributed by atoms with Crippen LogP contribution in [-0.2, 0) is 9.53 Å². The molecule has 8 nitrogen and oxygen atoms in total. The summed E-state index contributed by atoms with van der Waals surface area (Å²) in [5, 5.41) is 9.94.